The third-order valence-corrected chi connectivity index (χ3v) is 3.25. The Kier molecular flexibility index (Phi) is 3.05. The van der Waals surface area contributed by atoms with Crippen LogP contribution in [-0.2, 0) is 14.8 Å². The van der Waals surface area contributed by atoms with Crippen molar-refractivity contribution in [3.8, 4) is 0 Å². The maximum Gasteiger partial charge on any atom is 0.313 e. The monoisotopic (exact) mass is 217 g/mol. The van der Waals surface area contributed by atoms with Crippen LogP contribution in [0, 0.1) is 10.8 Å². The number of nitrogens with zero attached hydrogens (tertiary/aromatic N) is 1. The fourth-order valence-electron chi connectivity index (χ4n) is 1.32. The van der Waals surface area contributed by atoms with Gasteiger partial charge in [0.15, 0.2) is 0 Å². The standard InChI is InChI=1S/C8H11NO4S/c1-6-5-7(14(11,12)9-10)3-4-8(6)13-2/h3-4,6H,5H2,1-2H3. The third-order valence-electron chi connectivity index (χ3n) is 2.09. The number of methoxy groups -OCH3 is 1. The molecule has 6 heteroatoms. The summed E-state index contributed by atoms with van der Waals surface area (Å²) in [4.78, 5) is 10.1. The molecule has 0 aromatic rings. The zero-order valence-electron chi connectivity index (χ0n) is 7.93. The van der Waals surface area contributed by atoms with E-state index in [1.165, 1.54) is 13.2 Å². The molecule has 0 aromatic heterocycles. The van der Waals surface area contributed by atoms with Crippen molar-refractivity contribution in [2.24, 2.45) is 10.5 Å². The fourth-order valence-corrected chi connectivity index (χ4v) is 2.11. The first-order chi connectivity index (χ1) is 6.51. The lowest BCUT2D eigenvalue weighted by Crippen LogP contribution is -2.11. The highest BCUT2D eigenvalue weighted by Gasteiger charge is 2.25. The van der Waals surface area contributed by atoms with E-state index in [2.05, 4.69) is 4.58 Å². The van der Waals surface area contributed by atoms with E-state index in [1.807, 2.05) is 6.92 Å². The van der Waals surface area contributed by atoms with E-state index in [9.17, 15) is 13.3 Å². The highest BCUT2D eigenvalue weighted by molar-refractivity contribution is 7.93. The van der Waals surface area contributed by atoms with Crippen molar-refractivity contribution in [1.29, 1.82) is 0 Å². The van der Waals surface area contributed by atoms with E-state index in [1.54, 1.807) is 6.08 Å². The number of allylic oxidation sites excluding steroid dienone is 4. The van der Waals surface area contributed by atoms with Crippen molar-refractivity contribution in [3.63, 3.8) is 0 Å². The summed E-state index contributed by atoms with van der Waals surface area (Å²) in [6, 6.07) is 0. The van der Waals surface area contributed by atoms with Crippen LogP contribution < -0.4 is 0 Å². The molecule has 0 N–H and O–H groups in total. The van der Waals surface area contributed by atoms with Crippen molar-refractivity contribution in [3.05, 3.63) is 27.7 Å². The number of hydrogen-bond acceptors (Lipinski definition) is 4. The maximum absolute atomic E-state index is 11.1. The van der Waals surface area contributed by atoms with Crippen LogP contribution in [0.4, 0.5) is 0 Å². The topological polar surface area (TPSA) is 72.8 Å². The van der Waals surface area contributed by atoms with Crippen LogP contribution in [0.1, 0.15) is 13.3 Å². The number of sulfonamides is 1. The van der Waals surface area contributed by atoms with Crippen LogP contribution in [0.5, 0.6) is 0 Å². The normalized spacial score (nSPS) is 22.3. The molecule has 0 saturated carbocycles. The Morgan fingerprint density at radius 3 is 2.57 bits per heavy atom. The highest BCUT2D eigenvalue weighted by Crippen LogP contribution is 2.28. The van der Waals surface area contributed by atoms with E-state index in [-0.39, 0.29) is 17.2 Å². The molecule has 0 amide bonds. The molecule has 0 aliphatic heterocycles. The number of nitroso groups, excluding NO2 is 1. The molecule has 0 aromatic carbocycles. The third kappa shape index (κ3) is 2.01. The molecule has 78 valence electrons. The SMILES string of the molecule is COC1=CC=C(S(=O)(=O)N=O)CC1C. The minimum atomic E-state index is -3.96. The Hall–Kier alpha value is -1.17. The van der Waals surface area contributed by atoms with Gasteiger partial charge in [0.1, 0.15) is 0 Å². The molecule has 0 bridgehead atoms. The lowest BCUT2D eigenvalue weighted by Gasteiger charge is -2.18. The molecular formula is C8H11NO4S. The lowest BCUT2D eigenvalue weighted by molar-refractivity contribution is 0.245. The molecule has 1 unspecified atom stereocenters. The van der Waals surface area contributed by atoms with Gasteiger partial charge in [0.05, 0.1) is 22.4 Å². The molecule has 0 heterocycles. The Morgan fingerprint density at radius 2 is 2.14 bits per heavy atom. The summed E-state index contributed by atoms with van der Waals surface area (Å²) in [5, 5.41) is 0. The summed E-state index contributed by atoms with van der Waals surface area (Å²) in [7, 11) is -2.43. The van der Waals surface area contributed by atoms with Gasteiger partial charge in [0.2, 0.25) is 0 Å². The number of ether oxygens (including phenoxy) is 1. The molecule has 1 rings (SSSR count). The molecule has 1 atom stereocenters. The Balaban J connectivity index is 3.03. The van der Waals surface area contributed by atoms with Gasteiger partial charge in [0, 0.05) is 5.92 Å². The van der Waals surface area contributed by atoms with Crippen molar-refractivity contribution < 1.29 is 13.2 Å². The van der Waals surface area contributed by atoms with Crippen molar-refractivity contribution in [1.82, 2.24) is 0 Å². The molecular weight excluding hydrogens is 206 g/mol. The van der Waals surface area contributed by atoms with Crippen LogP contribution in [0.25, 0.3) is 0 Å². The smallest absolute Gasteiger partial charge is 0.313 e. The first-order valence-electron chi connectivity index (χ1n) is 4.05. The van der Waals surface area contributed by atoms with Gasteiger partial charge >= 0.3 is 10.0 Å². The van der Waals surface area contributed by atoms with Crippen molar-refractivity contribution in [2.45, 2.75) is 13.3 Å². The van der Waals surface area contributed by atoms with Gasteiger partial charge in [-0.25, -0.2) is 0 Å². The number of hydrogen-bond donors (Lipinski definition) is 0. The summed E-state index contributed by atoms with van der Waals surface area (Å²) in [6.45, 7) is 1.82. The summed E-state index contributed by atoms with van der Waals surface area (Å²) >= 11 is 0. The Bertz CT molecular complexity index is 394. The van der Waals surface area contributed by atoms with Gasteiger partial charge in [0.25, 0.3) is 0 Å². The molecule has 0 fully saturated rings. The van der Waals surface area contributed by atoms with Crippen LogP contribution in [-0.4, -0.2) is 15.5 Å². The van der Waals surface area contributed by atoms with Gasteiger partial charge in [-0.15, -0.1) is 4.91 Å². The quantitative estimate of drug-likeness (QED) is 0.672. The summed E-state index contributed by atoms with van der Waals surface area (Å²) in [5.41, 5.74) is 0. The predicted octanol–water partition coefficient (Wildman–Crippen LogP) is 1.54. The lowest BCUT2D eigenvalue weighted by atomic mass is 10.0. The van der Waals surface area contributed by atoms with Crippen LogP contribution >= 0.6 is 0 Å². The molecule has 0 saturated heterocycles. The predicted molar refractivity (Wildman–Crippen MR) is 51.7 cm³/mol. The molecule has 14 heavy (non-hydrogen) atoms. The average Bonchev–Trinajstić information content (AvgIpc) is 2.17. The van der Waals surface area contributed by atoms with Gasteiger partial charge in [-0.1, -0.05) is 6.92 Å². The number of rotatable bonds is 3. The molecule has 0 radical (unpaired) electrons. The van der Waals surface area contributed by atoms with Crippen LogP contribution in [0.3, 0.4) is 0 Å². The summed E-state index contributed by atoms with van der Waals surface area (Å²) in [5.74, 6) is 0.659. The first kappa shape index (κ1) is 10.9. The van der Waals surface area contributed by atoms with E-state index in [0.29, 0.717) is 5.76 Å². The second-order valence-electron chi connectivity index (χ2n) is 3.06. The van der Waals surface area contributed by atoms with Gasteiger partial charge in [-0.05, 0) is 18.6 Å². The molecule has 0 spiro atoms. The molecule has 5 nitrogen and oxygen atoms in total. The molecule has 1 aliphatic carbocycles. The van der Waals surface area contributed by atoms with Crippen molar-refractivity contribution in [2.75, 3.05) is 7.11 Å². The van der Waals surface area contributed by atoms with Gasteiger partial charge < -0.3 is 4.74 Å². The largest absolute Gasteiger partial charge is 0.501 e. The Morgan fingerprint density at radius 1 is 1.50 bits per heavy atom. The van der Waals surface area contributed by atoms with Crippen LogP contribution in [0.15, 0.2) is 27.4 Å². The minimum Gasteiger partial charge on any atom is -0.501 e. The van der Waals surface area contributed by atoms with Crippen LogP contribution in [0.2, 0.25) is 0 Å². The van der Waals surface area contributed by atoms with Gasteiger partial charge in [-0.3, -0.25) is 0 Å². The van der Waals surface area contributed by atoms with E-state index in [4.69, 9.17) is 4.74 Å². The van der Waals surface area contributed by atoms with E-state index >= 15 is 0 Å². The second-order valence-corrected chi connectivity index (χ2v) is 4.68. The fraction of sp³-hybridized carbons (Fsp3) is 0.500. The van der Waals surface area contributed by atoms with E-state index in [0.717, 1.165) is 0 Å². The summed E-state index contributed by atoms with van der Waals surface area (Å²) < 4.78 is 29.3. The van der Waals surface area contributed by atoms with E-state index < -0.39 is 10.0 Å². The minimum absolute atomic E-state index is 0.0424. The van der Waals surface area contributed by atoms with Gasteiger partial charge in [-0.2, -0.15) is 8.42 Å². The summed E-state index contributed by atoms with van der Waals surface area (Å²) in [6.07, 6.45) is 3.16. The average molecular weight is 217 g/mol. The Labute approximate surface area is 82.5 Å². The first-order valence-corrected chi connectivity index (χ1v) is 5.49. The maximum atomic E-state index is 11.1. The second kappa shape index (κ2) is 3.91. The highest BCUT2D eigenvalue weighted by atomic mass is 32.2. The zero-order chi connectivity index (χ0) is 10.8. The zero-order valence-corrected chi connectivity index (χ0v) is 8.74. The van der Waals surface area contributed by atoms with Crippen molar-refractivity contribution >= 4 is 10.0 Å². The molecule has 1 aliphatic rings.